The van der Waals surface area contributed by atoms with E-state index >= 15 is 0 Å². The minimum absolute atomic E-state index is 0.0394. The molecule has 1 aromatic rings. The lowest BCUT2D eigenvalue weighted by atomic mass is 9.75. The molecule has 0 aliphatic carbocycles. The number of rotatable bonds is 9. The minimum atomic E-state index is 0.0394. The summed E-state index contributed by atoms with van der Waals surface area (Å²) in [6.07, 6.45) is 12.2. The predicted octanol–water partition coefficient (Wildman–Crippen LogP) is 6.17. The Morgan fingerprint density at radius 2 is 1.71 bits per heavy atom. The molecular weight excluding hydrogens is 382 g/mol. The summed E-state index contributed by atoms with van der Waals surface area (Å²) in [6, 6.07) is 8.90. The van der Waals surface area contributed by atoms with Crippen molar-refractivity contribution in [1.29, 1.82) is 0 Å². The molecule has 1 unspecified atom stereocenters. The maximum atomic E-state index is 5.59. The Morgan fingerprint density at radius 3 is 2.26 bits per heavy atom. The third-order valence-electron chi connectivity index (χ3n) is 7.45. The lowest BCUT2D eigenvalue weighted by Gasteiger charge is -2.43. The van der Waals surface area contributed by atoms with Crippen LogP contribution in [-0.2, 0) is 10.2 Å². The molecule has 3 heteroatoms. The normalized spacial score (nSPS) is 20.9. The zero-order chi connectivity index (χ0) is 22.3. The second-order valence-electron chi connectivity index (χ2n) is 9.76. The van der Waals surface area contributed by atoms with Gasteiger partial charge < -0.3 is 9.47 Å². The van der Waals surface area contributed by atoms with Crippen LogP contribution in [0.15, 0.2) is 61.2 Å². The van der Waals surface area contributed by atoms with E-state index in [4.69, 9.17) is 9.47 Å². The Kier molecular flexibility index (Phi) is 8.57. The summed E-state index contributed by atoms with van der Waals surface area (Å²) >= 11 is 0. The molecule has 0 amide bonds. The van der Waals surface area contributed by atoms with E-state index in [0.717, 1.165) is 50.3 Å². The zero-order valence-corrected chi connectivity index (χ0v) is 19.8. The summed E-state index contributed by atoms with van der Waals surface area (Å²) in [5.41, 5.74) is 2.66. The Hall–Kier alpha value is -1.84. The molecule has 2 fully saturated rings. The van der Waals surface area contributed by atoms with E-state index in [-0.39, 0.29) is 5.41 Å². The van der Waals surface area contributed by atoms with E-state index in [1.807, 2.05) is 12.2 Å². The maximum absolute atomic E-state index is 5.59. The van der Waals surface area contributed by atoms with Gasteiger partial charge in [0.1, 0.15) is 5.75 Å². The van der Waals surface area contributed by atoms with Gasteiger partial charge in [-0.05, 0) is 85.7 Å². The molecule has 2 aliphatic rings. The lowest BCUT2D eigenvalue weighted by molar-refractivity contribution is 0.0256. The minimum Gasteiger partial charge on any atom is -0.497 e. The summed E-state index contributed by atoms with van der Waals surface area (Å²) in [5, 5.41) is 0. The van der Waals surface area contributed by atoms with Gasteiger partial charge in [0.15, 0.2) is 0 Å². The second-order valence-corrected chi connectivity index (χ2v) is 9.76. The van der Waals surface area contributed by atoms with Crippen LogP contribution in [-0.4, -0.2) is 44.4 Å². The van der Waals surface area contributed by atoms with Crippen molar-refractivity contribution in [2.75, 3.05) is 33.4 Å². The molecule has 0 N–H and O–H groups in total. The highest BCUT2D eigenvalue weighted by Gasteiger charge is 2.34. The van der Waals surface area contributed by atoms with E-state index in [0.29, 0.717) is 6.04 Å². The van der Waals surface area contributed by atoms with Crippen molar-refractivity contribution in [2.24, 2.45) is 11.8 Å². The van der Waals surface area contributed by atoms with Gasteiger partial charge in [0, 0.05) is 19.3 Å². The van der Waals surface area contributed by atoms with Crippen LogP contribution >= 0.6 is 0 Å². The first-order valence-corrected chi connectivity index (χ1v) is 11.9. The lowest BCUT2D eigenvalue weighted by Crippen LogP contribution is -2.46. The van der Waals surface area contributed by atoms with Crippen LogP contribution in [0.25, 0.3) is 0 Å². The average Bonchev–Trinajstić information content (AvgIpc) is 2.82. The van der Waals surface area contributed by atoms with Crippen molar-refractivity contribution in [3.05, 3.63) is 66.8 Å². The molecule has 0 aromatic heterocycles. The molecule has 3 rings (SSSR count). The molecular formula is C28H41NO2. The van der Waals surface area contributed by atoms with Crippen molar-refractivity contribution in [3.63, 3.8) is 0 Å². The number of ether oxygens (including phenoxy) is 2. The molecule has 1 aromatic carbocycles. The Labute approximate surface area is 189 Å². The van der Waals surface area contributed by atoms with Crippen LogP contribution in [0.5, 0.6) is 5.75 Å². The number of hydrogen-bond acceptors (Lipinski definition) is 3. The first kappa shape index (κ1) is 23.8. The van der Waals surface area contributed by atoms with Gasteiger partial charge in [0.05, 0.1) is 7.11 Å². The summed E-state index contributed by atoms with van der Waals surface area (Å²) < 4.78 is 10.9. The van der Waals surface area contributed by atoms with Crippen LogP contribution in [0.2, 0.25) is 0 Å². The van der Waals surface area contributed by atoms with Gasteiger partial charge in [-0.3, -0.25) is 4.90 Å². The van der Waals surface area contributed by atoms with Crippen molar-refractivity contribution in [1.82, 2.24) is 4.90 Å². The van der Waals surface area contributed by atoms with Crippen molar-refractivity contribution in [2.45, 2.75) is 57.4 Å². The summed E-state index contributed by atoms with van der Waals surface area (Å²) in [6.45, 7) is 17.0. The van der Waals surface area contributed by atoms with Gasteiger partial charge in [-0.15, -0.1) is 0 Å². The van der Waals surface area contributed by atoms with E-state index in [1.165, 1.54) is 36.8 Å². The fourth-order valence-corrected chi connectivity index (χ4v) is 5.44. The molecule has 2 aliphatic heterocycles. The molecule has 1 atom stereocenters. The number of benzene rings is 1. The summed E-state index contributed by atoms with van der Waals surface area (Å²) in [5.74, 6) is 2.61. The molecule has 2 saturated heterocycles. The van der Waals surface area contributed by atoms with Crippen molar-refractivity contribution in [3.8, 4) is 5.75 Å². The fourth-order valence-electron chi connectivity index (χ4n) is 5.44. The highest BCUT2D eigenvalue weighted by molar-refractivity contribution is 5.34. The van der Waals surface area contributed by atoms with E-state index in [1.54, 1.807) is 7.11 Å². The topological polar surface area (TPSA) is 21.7 Å². The monoisotopic (exact) mass is 423 g/mol. The van der Waals surface area contributed by atoms with Crippen LogP contribution in [0.3, 0.4) is 0 Å². The summed E-state index contributed by atoms with van der Waals surface area (Å²) in [7, 11) is 1.72. The number of hydrogen-bond donors (Lipinski definition) is 0. The number of likely N-dealkylation sites (tertiary alicyclic amines) is 1. The summed E-state index contributed by atoms with van der Waals surface area (Å²) in [4.78, 5) is 2.69. The zero-order valence-electron chi connectivity index (χ0n) is 19.8. The van der Waals surface area contributed by atoms with Gasteiger partial charge in [-0.25, -0.2) is 0 Å². The first-order valence-electron chi connectivity index (χ1n) is 11.9. The molecule has 0 saturated carbocycles. The van der Waals surface area contributed by atoms with E-state index in [9.17, 15) is 0 Å². The molecule has 0 bridgehead atoms. The van der Waals surface area contributed by atoms with Gasteiger partial charge >= 0.3 is 0 Å². The fraction of sp³-hybridized carbons (Fsp3) is 0.571. The van der Waals surface area contributed by atoms with Gasteiger partial charge in [-0.2, -0.15) is 0 Å². The van der Waals surface area contributed by atoms with Crippen LogP contribution in [0, 0.1) is 11.8 Å². The maximum Gasteiger partial charge on any atom is 0.118 e. The smallest absolute Gasteiger partial charge is 0.118 e. The number of methoxy groups -OCH3 is 1. The van der Waals surface area contributed by atoms with Crippen molar-refractivity contribution < 1.29 is 9.47 Å². The molecule has 0 spiro atoms. The molecule has 0 radical (unpaired) electrons. The number of allylic oxidation sites excluding steroid dienone is 2. The Balaban J connectivity index is 1.74. The standard InChI is InChI=1S/C28H41NO2/c1-6-8-22(7-2)27(21-28(3,4)25-9-11-26(30-5)12-10-25)29-17-13-23(14-18-29)24-15-19-31-20-16-24/h6-12,23-24,27H,1-2,13-21H2,3-5H3/b22-8+. The van der Waals surface area contributed by atoms with E-state index in [2.05, 4.69) is 62.2 Å². The second kappa shape index (κ2) is 11.2. The van der Waals surface area contributed by atoms with Crippen molar-refractivity contribution >= 4 is 0 Å². The molecule has 170 valence electrons. The van der Waals surface area contributed by atoms with E-state index < -0.39 is 0 Å². The SMILES string of the molecule is C=C/C=C(\C=C)C(CC(C)(C)c1ccc(OC)cc1)N1CCC(C2CCOCC2)CC1. The molecule has 3 nitrogen and oxygen atoms in total. The Bertz CT molecular complexity index is 735. The van der Waals surface area contributed by atoms with Crippen LogP contribution in [0.4, 0.5) is 0 Å². The predicted molar refractivity (Wildman–Crippen MR) is 131 cm³/mol. The average molecular weight is 424 g/mol. The first-order chi connectivity index (χ1) is 15.0. The van der Waals surface area contributed by atoms with Gasteiger partial charge in [0.25, 0.3) is 0 Å². The number of piperidine rings is 1. The molecule has 2 heterocycles. The van der Waals surface area contributed by atoms with Gasteiger partial charge in [-0.1, -0.05) is 57.4 Å². The van der Waals surface area contributed by atoms with Crippen LogP contribution in [0.1, 0.15) is 51.5 Å². The Morgan fingerprint density at radius 1 is 1.10 bits per heavy atom. The quantitative estimate of drug-likeness (QED) is 0.443. The number of nitrogens with zero attached hydrogens (tertiary/aromatic N) is 1. The highest BCUT2D eigenvalue weighted by atomic mass is 16.5. The largest absolute Gasteiger partial charge is 0.497 e. The van der Waals surface area contributed by atoms with Crippen LogP contribution < -0.4 is 4.74 Å². The third-order valence-corrected chi connectivity index (χ3v) is 7.45. The van der Waals surface area contributed by atoms with Gasteiger partial charge in [0.2, 0.25) is 0 Å². The highest BCUT2D eigenvalue weighted by Crippen LogP contribution is 2.37. The molecule has 31 heavy (non-hydrogen) atoms. The third kappa shape index (κ3) is 6.11.